The SMILES string of the molecule is CCCCCCCCCCCCCCCCCCCCC(=O)OCCCCCCCCCCCCCC. The number of hydrogen-bond donors (Lipinski definition) is 0. The van der Waals surface area contributed by atoms with Gasteiger partial charge in [-0.2, -0.15) is 0 Å². The fourth-order valence-electron chi connectivity index (χ4n) is 5.37. The Bertz CT molecular complexity index is 419. The molecule has 0 saturated carbocycles. The van der Waals surface area contributed by atoms with Crippen LogP contribution < -0.4 is 0 Å². The molecule has 0 fully saturated rings. The van der Waals surface area contributed by atoms with Gasteiger partial charge in [-0.3, -0.25) is 4.79 Å². The van der Waals surface area contributed by atoms with E-state index in [1.165, 1.54) is 180 Å². The van der Waals surface area contributed by atoms with Crippen molar-refractivity contribution >= 4 is 5.97 Å². The van der Waals surface area contributed by atoms with Crippen LogP contribution in [0.4, 0.5) is 0 Å². The third-order valence-electron chi connectivity index (χ3n) is 8.00. The van der Waals surface area contributed by atoms with Crippen molar-refractivity contribution in [2.75, 3.05) is 6.61 Å². The first-order valence-electron chi connectivity index (χ1n) is 17.5. The highest BCUT2D eigenvalue weighted by molar-refractivity contribution is 5.69. The number of rotatable bonds is 32. The average molecular weight is 523 g/mol. The fourth-order valence-corrected chi connectivity index (χ4v) is 5.37. The number of carbonyl (C=O) groups is 1. The van der Waals surface area contributed by atoms with Crippen LogP contribution in [0.15, 0.2) is 0 Å². The molecule has 0 unspecified atom stereocenters. The quantitative estimate of drug-likeness (QED) is 0.0648. The first-order chi connectivity index (χ1) is 18.3. The number of carbonyl (C=O) groups excluding carboxylic acids is 1. The maximum atomic E-state index is 11.9. The molecule has 0 aromatic rings. The number of unbranched alkanes of at least 4 members (excludes halogenated alkanes) is 28. The van der Waals surface area contributed by atoms with Gasteiger partial charge in [0, 0.05) is 6.42 Å². The van der Waals surface area contributed by atoms with Gasteiger partial charge in [0.2, 0.25) is 0 Å². The summed E-state index contributed by atoms with van der Waals surface area (Å²) in [4.78, 5) is 11.9. The molecule has 0 saturated heterocycles. The first kappa shape index (κ1) is 36.5. The van der Waals surface area contributed by atoms with Crippen molar-refractivity contribution in [3.05, 3.63) is 0 Å². The number of hydrogen-bond acceptors (Lipinski definition) is 2. The molecule has 2 heteroatoms. The van der Waals surface area contributed by atoms with Crippen LogP contribution in [0.3, 0.4) is 0 Å². The Morgan fingerprint density at radius 1 is 0.351 bits per heavy atom. The second-order valence-corrected chi connectivity index (χ2v) is 11.9. The fraction of sp³-hybridized carbons (Fsp3) is 0.971. The van der Waals surface area contributed by atoms with Gasteiger partial charge in [-0.15, -0.1) is 0 Å². The van der Waals surface area contributed by atoms with E-state index in [9.17, 15) is 4.79 Å². The Hall–Kier alpha value is -0.530. The summed E-state index contributed by atoms with van der Waals surface area (Å²) < 4.78 is 5.43. The molecule has 0 aliphatic rings. The maximum Gasteiger partial charge on any atom is 0.305 e. The highest BCUT2D eigenvalue weighted by Gasteiger charge is 2.03. The molecule has 0 spiro atoms. The van der Waals surface area contributed by atoms with E-state index < -0.39 is 0 Å². The van der Waals surface area contributed by atoms with E-state index in [2.05, 4.69) is 13.8 Å². The summed E-state index contributed by atoms with van der Waals surface area (Å²) in [5.74, 6) is 0.0274. The predicted octanol–water partition coefficient (Wildman–Crippen LogP) is 12.7. The van der Waals surface area contributed by atoms with Crippen molar-refractivity contribution < 1.29 is 9.53 Å². The molecule has 0 aromatic heterocycles. The van der Waals surface area contributed by atoms with Crippen LogP contribution in [0, 0.1) is 0 Å². The Balaban J connectivity index is 3.13. The van der Waals surface area contributed by atoms with Crippen LogP contribution in [0.1, 0.15) is 213 Å². The van der Waals surface area contributed by atoms with E-state index >= 15 is 0 Å². The molecule has 0 rings (SSSR count). The summed E-state index contributed by atoms with van der Waals surface area (Å²) in [6.07, 6.45) is 41.6. The van der Waals surface area contributed by atoms with Crippen molar-refractivity contribution in [1.29, 1.82) is 0 Å². The molecule has 222 valence electrons. The van der Waals surface area contributed by atoms with E-state index in [1.54, 1.807) is 0 Å². The lowest BCUT2D eigenvalue weighted by Gasteiger charge is -2.06. The van der Waals surface area contributed by atoms with E-state index in [4.69, 9.17) is 4.74 Å². The number of esters is 1. The Kier molecular flexibility index (Phi) is 33.0. The van der Waals surface area contributed by atoms with Crippen LogP contribution >= 0.6 is 0 Å². The van der Waals surface area contributed by atoms with Crippen molar-refractivity contribution in [2.24, 2.45) is 0 Å². The second-order valence-electron chi connectivity index (χ2n) is 11.9. The zero-order valence-corrected chi connectivity index (χ0v) is 25.9. The summed E-state index contributed by atoms with van der Waals surface area (Å²) in [5, 5.41) is 0. The van der Waals surface area contributed by atoms with Crippen LogP contribution in [0.5, 0.6) is 0 Å². The van der Waals surface area contributed by atoms with Crippen molar-refractivity contribution in [2.45, 2.75) is 213 Å². The molecule has 37 heavy (non-hydrogen) atoms. The lowest BCUT2D eigenvalue weighted by Crippen LogP contribution is -2.05. The molecular formula is C35H70O2. The predicted molar refractivity (Wildman–Crippen MR) is 165 cm³/mol. The first-order valence-corrected chi connectivity index (χ1v) is 17.5. The van der Waals surface area contributed by atoms with Gasteiger partial charge in [0.15, 0.2) is 0 Å². The molecule has 0 N–H and O–H groups in total. The Labute approximate surface area is 234 Å². The molecule has 0 amide bonds. The highest BCUT2D eigenvalue weighted by Crippen LogP contribution is 2.15. The summed E-state index contributed by atoms with van der Waals surface area (Å²) >= 11 is 0. The van der Waals surface area contributed by atoms with E-state index in [-0.39, 0.29) is 5.97 Å². The molecule has 2 nitrogen and oxygen atoms in total. The zero-order chi connectivity index (χ0) is 26.9. The van der Waals surface area contributed by atoms with E-state index in [0.29, 0.717) is 13.0 Å². The minimum Gasteiger partial charge on any atom is -0.466 e. The van der Waals surface area contributed by atoms with Gasteiger partial charge < -0.3 is 4.74 Å². The van der Waals surface area contributed by atoms with Gasteiger partial charge in [0.05, 0.1) is 6.61 Å². The topological polar surface area (TPSA) is 26.3 Å². The minimum atomic E-state index is 0.0274. The average Bonchev–Trinajstić information content (AvgIpc) is 2.90. The monoisotopic (exact) mass is 523 g/mol. The summed E-state index contributed by atoms with van der Waals surface area (Å²) in [5.41, 5.74) is 0. The molecule has 0 bridgehead atoms. The van der Waals surface area contributed by atoms with Gasteiger partial charge in [-0.25, -0.2) is 0 Å². The summed E-state index contributed by atoms with van der Waals surface area (Å²) in [7, 11) is 0. The lowest BCUT2D eigenvalue weighted by molar-refractivity contribution is -0.143. The van der Waals surface area contributed by atoms with Gasteiger partial charge >= 0.3 is 5.97 Å². The molecular weight excluding hydrogens is 452 g/mol. The third-order valence-corrected chi connectivity index (χ3v) is 8.00. The summed E-state index contributed by atoms with van der Waals surface area (Å²) in [6.45, 7) is 5.21. The Morgan fingerprint density at radius 2 is 0.595 bits per heavy atom. The van der Waals surface area contributed by atoms with E-state index in [0.717, 1.165) is 12.8 Å². The van der Waals surface area contributed by atoms with Gasteiger partial charge in [0.1, 0.15) is 0 Å². The normalized spacial score (nSPS) is 11.3. The van der Waals surface area contributed by atoms with Crippen molar-refractivity contribution in [3.8, 4) is 0 Å². The molecule has 0 atom stereocenters. The maximum absolute atomic E-state index is 11.9. The van der Waals surface area contributed by atoms with Crippen LogP contribution in [-0.4, -0.2) is 12.6 Å². The summed E-state index contributed by atoms with van der Waals surface area (Å²) in [6, 6.07) is 0. The molecule has 0 heterocycles. The molecule has 0 radical (unpaired) electrons. The highest BCUT2D eigenvalue weighted by atomic mass is 16.5. The van der Waals surface area contributed by atoms with Gasteiger partial charge in [-0.05, 0) is 12.8 Å². The third kappa shape index (κ3) is 33.4. The lowest BCUT2D eigenvalue weighted by atomic mass is 10.0. The van der Waals surface area contributed by atoms with Crippen LogP contribution in [0.25, 0.3) is 0 Å². The second kappa shape index (κ2) is 33.5. The Morgan fingerprint density at radius 3 is 0.892 bits per heavy atom. The van der Waals surface area contributed by atoms with Crippen LogP contribution in [-0.2, 0) is 9.53 Å². The van der Waals surface area contributed by atoms with Crippen molar-refractivity contribution in [1.82, 2.24) is 0 Å². The minimum absolute atomic E-state index is 0.0274. The molecule has 0 aliphatic carbocycles. The van der Waals surface area contributed by atoms with E-state index in [1.807, 2.05) is 0 Å². The largest absolute Gasteiger partial charge is 0.466 e. The molecule has 0 aliphatic heterocycles. The van der Waals surface area contributed by atoms with Crippen molar-refractivity contribution in [3.63, 3.8) is 0 Å². The van der Waals surface area contributed by atoms with Gasteiger partial charge in [0.25, 0.3) is 0 Å². The van der Waals surface area contributed by atoms with Gasteiger partial charge in [-0.1, -0.05) is 194 Å². The smallest absolute Gasteiger partial charge is 0.305 e. The standard InChI is InChI=1S/C35H70O2/c1-3-5-7-9-11-13-15-17-18-19-20-21-22-23-25-27-29-31-33-35(36)37-34-32-30-28-26-24-16-14-12-10-8-6-4-2/h3-34H2,1-2H3. The zero-order valence-electron chi connectivity index (χ0n) is 25.9. The van der Waals surface area contributed by atoms with Crippen LogP contribution in [0.2, 0.25) is 0 Å². The molecule has 0 aromatic carbocycles. The number of ether oxygens (including phenoxy) is 1.